The highest BCUT2D eigenvalue weighted by Gasteiger charge is 2.21. The van der Waals surface area contributed by atoms with E-state index in [1.807, 2.05) is 4.90 Å². The van der Waals surface area contributed by atoms with E-state index in [9.17, 15) is 4.79 Å². The van der Waals surface area contributed by atoms with Gasteiger partial charge in [-0.05, 0) is 26.1 Å². The number of halogens is 2. The van der Waals surface area contributed by atoms with Crippen molar-refractivity contribution in [3.8, 4) is 0 Å². The normalized spacial score (nSPS) is 17.6. The second-order valence-corrected chi connectivity index (χ2v) is 5.23. The molecule has 0 unspecified atom stereocenters. The van der Waals surface area contributed by atoms with Crippen LogP contribution in [0.2, 0.25) is 10.2 Å². The van der Waals surface area contributed by atoms with Gasteiger partial charge in [0.25, 0.3) is 5.91 Å². The number of hydrogen-bond acceptors (Lipinski definition) is 3. The van der Waals surface area contributed by atoms with Crippen LogP contribution in [0.4, 0.5) is 0 Å². The maximum atomic E-state index is 12.4. The van der Waals surface area contributed by atoms with Crippen LogP contribution in [-0.4, -0.2) is 53.9 Å². The fourth-order valence-corrected chi connectivity index (χ4v) is 2.34. The first-order valence-electron chi connectivity index (χ1n) is 5.87. The average Bonchev–Trinajstić information content (AvgIpc) is 2.56. The Bertz CT molecular complexity index is 453. The zero-order valence-corrected chi connectivity index (χ0v) is 11.7. The largest absolute Gasteiger partial charge is 0.337 e. The van der Waals surface area contributed by atoms with E-state index < -0.39 is 0 Å². The van der Waals surface area contributed by atoms with Crippen LogP contribution in [0, 0.1) is 0 Å². The Morgan fingerprint density at radius 3 is 2.83 bits per heavy atom. The Hall–Kier alpha value is -0.840. The molecule has 0 aromatic carbocycles. The van der Waals surface area contributed by atoms with E-state index in [-0.39, 0.29) is 11.1 Å². The third kappa shape index (κ3) is 3.13. The van der Waals surface area contributed by atoms with Crippen molar-refractivity contribution in [1.82, 2.24) is 14.8 Å². The van der Waals surface area contributed by atoms with Crippen molar-refractivity contribution in [3.63, 3.8) is 0 Å². The molecule has 1 amide bonds. The molecule has 4 nitrogen and oxygen atoms in total. The number of likely N-dealkylation sites (N-methyl/N-ethyl adjacent to an activating group) is 1. The molecule has 2 rings (SSSR count). The van der Waals surface area contributed by atoms with Crippen LogP contribution in [-0.2, 0) is 0 Å². The molecule has 0 N–H and O–H groups in total. The predicted octanol–water partition coefficient (Wildman–Crippen LogP) is 2.17. The molecule has 1 fully saturated rings. The minimum atomic E-state index is -0.0698. The summed E-state index contributed by atoms with van der Waals surface area (Å²) in [5.41, 5.74) is 0.432. The summed E-state index contributed by atoms with van der Waals surface area (Å²) in [6.07, 6.45) is 2.39. The molecule has 6 heteroatoms. The van der Waals surface area contributed by atoms with Gasteiger partial charge in [-0.3, -0.25) is 4.79 Å². The molecule has 0 radical (unpaired) electrons. The monoisotopic (exact) mass is 287 g/mol. The number of rotatable bonds is 1. The molecule has 1 saturated heterocycles. The van der Waals surface area contributed by atoms with Crippen LogP contribution in [0.1, 0.15) is 16.8 Å². The lowest BCUT2D eigenvalue weighted by Crippen LogP contribution is -2.34. The zero-order chi connectivity index (χ0) is 13.1. The fourth-order valence-electron chi connectivity index (χ4n) is 2.00. The van der Waals surface area contributed by atoms with Gasteiger partial charge in [-0.25, -0.2) is 4.98 Å². The minimum Gasteiger partial charge on any atom is -0.337 e. The maximum absolute atomic E-state index is 12.4. The Labute approximate surface area is 116 Å². The molecule has 1 aromatic rings. The number of amides is 1. The van der Waals surface area contributed by atoms with E-state index in [0.29, 0.717) is 17.1 Å². The first kappa shape index (κ1) is 13.6. The van der Waals surface area contributed by atoms with Gasteiger partial charge in [0.1, 0.15) is 5.15 Å². The fraction of sp³-hybridized carbons (Fsp3) is 0.500. The molecular formula is C12H15Cl2N3O. The molecule has 0 bridgehead atoms. The van der Waals surface area contributed by atoms with Gasteiger partial charge in [0.05, 0.1) is 10.6 Å². The molecular weight excluding hydrogens is 273 g/mol. The predicted molar refractivity (Wildman–Crippen MR) is 72.3 cm³/mol. The van der Waals surface area contributed by atoms with Gasteiger partial charge in [-0.2, -0.15) is 0 Å². The van der Waals surface area contributed by atoms with Gasteiger partial charge in [0.15, 0.2) is 0 Å². The van der Waals surface area contributed by atoms with Gasteiger partial charge in [0, 0.05) is 25.8 Å². The van der Waals surface area contributed by atoms with Crippen LogP contribution >= 0.6 is 23.2 Å². The number of nitrogens with zero attached hydrogens (tertiary/aromatic N) is 3. The summed E-state index contributed by atoms with van der Waals surface area (Å²) in [5, 5.41) is 0.636. The number of aromatic nitrogens is 1. The van der Waals surface area contributed by atoms with Gasteiger partial charge in [0.2, 0.25) is 0 Å². The SMILES string of the molecule is CN1CCCN(C(=O)c2cc(Cl)ncc2Cl)CC1. The molecule has 1 aromatic heterocycles. The summed E-state index contributed by atoms with van der Waals surface area (Å²) >= 11 is 11.8. The van der Waals surface area contributed by atoms with E-state index in [4.69, 9.17) is 23.2 Å². The van der Waals surface area contributed by atoms with Crippen LogP contribution in [0.5, 0.6) is 0 Å². The Balaban J connectivity index is 2.17. The highest BCUT2D eigenvalue weighted by atomic mass is 35.5. The lowest BCUT2D eigenvalue weighted by molar-refractivity contribution is 0.0763. The van der Waals surface area contributed by atoms with Crippen molar-refractivity contribution >= 4 is 29.1 Å². The summed E-state index contributed by atoms with van der Waals surface area (Å²) < 4.78 is 0. The first-order valence-corrected chi connectivity index (χ1v) is 6.62. The summed E-state index contributed by atoms with van der Waals surface area (Å²) in [4.78, 5) is 20.3. The molecule has 2 heterocycles. The number of carbonyl (C=O) groups is 1. The summed E-state index contributed by atoms with van der Waals surface area (Å²) in [5.74, 6) is -0.0698. The van der Waals surface area contributed by atoms with E-state index >= 15 is 0 Å². The molecule has 18 heavy (non-hydrogen) atoms. The molecule has 0 spiro atoms. The van der Waals surface area contributed by atoms with Crippen LogP contribution in [0.25, 0.3) is 0 Å². The van der Waals surface area contributed by atoms with Crippen molar-refractivity contribution in [3.05, 3.63) is 28.0 Å². The topological polar surface area (TPSA) is 36.4 Å². The Morgan fingerprint density at radius 1 is 1.28 bits per heavy atom. The minimum absolute atomic E-state index is 0.0698. The van der Waals surface area contributed by atoms with Gasteiger partial charge >= 0.3 is 0 Å². The van der Waals surface area contributed by atoms with Crippen LogP contribution in [0.3, 0.4) is 0 Å². The second-order valence-electron chi connectivity index (χ2n) is 4.44. The molecule has 0 saturated carbocycles. The van der Waals surface area contributed by atoms with Crippen molar-refractivity contribution in [1.29, 1.82) is 0 Å². The maximum Gasteiger partial charge on any atom is 0.255 e. The smallest absolute Gasteiger partial charge is 0.255 e. The first-order chi connectivity index (χ1) is 8.58. The molecule has 0 aliphatic carbocycles. The van der Waals surface area contributed by atoms with Crippen molar-refractivity contribution in [2.45, 2.75) is 6.42 Å². The Morgan fingerprint density at radius 2 is 2.06 bits per heavy atom. The molecule has 98 valence electrons. The summed E-state index contributed by atoms with van der Waals surface area (Å²) in [6.45, 7) is 3.35. The highest BCUT2D eigenvalue weighted by Crippen LogP contribution is 2.20. The second kappa shape index (κ2) is 5.87. The third-order valence-corrected chi connectivity index (χ3v) is 3.57. The standard InChI is InChI=1S/C12H15Cl2N3O/c1-16-3-2-4-17(6-5-16)12(18)9-7-11(14)15-8-10(9)13/h7-8H,2-6H2,1H3. The third-order valence-electron chi connectivity index (χ3n) is 3.06. The number of carbonyl (C=O) groups excluding carboxylic acids is 1. The van der Waals surface area contributed by atoms with Crippen molar-refractivity contribution < 1.29 is 4.79 Å². The van der Waals surface area contributed by atoms with Crippen molar-refractivity contribution in [2.24, 2.45) is 0 Å². The average molecular weight is 288 g/mol. The van der Waals surface area contributed by atoms with E-state index in [1.54, 1.807) is 0 Å². The van der Waals surface area contributed by atoms with E-state index in [1.165, 1.54) is 12.3 Å². The molecule has 1 aliphatic heterocycles. The van der Waals surface area contributed by atoms with Gasteiger partial charge in [-0.1, -0.05) is 23.2 Å². The quantitative estimate of drug-likeness (QED) is 0.743. The van der Waals surface area contributed by atoms with Gasteiger partial charge in [-0.15, -0.1) is 0 Å². The lowest BCUT2D eigenvalue weighted by Gasteiger charge is -2.21. The van der Waals surface area contributed by atoms with E-state index in [0.717, 1.165) is 26.1 Å². The summed E-state index contributed by atoms with van der Waals surface area (Å²) in [6, 6.07) is 1.53. The Kier molecular flexibility index (Phi) is 4.43. The van der Waals surface area contributed by atoms with Gasteiger partial charge < -0.3 is 9.80 Å². The molecule has 1 aliphatic rings. The summed E-state index contributed by atoms with van der Waals surface area (Å²) in [7, 11) is 2.06. The number of hydrogen-bond donors (Lipinski definition) is 0. The highest BCUT2D eigenvalue weighted by molar-refractivity contribution is 6.35. The van der Waals surface area contributed by atoms with E-state index in [2.05, 4.69) is 16.9 Å². The van der Waals surface area contributed by atoms with Crippen molar-refractivity contribution in [2.75, 3.05) is 33.2 Å². The number of pyridine rings is 1. The molecule has 0 atom stereocenters. The zero-order valence-electron chi connectivity index (χ0n) is 10.2. The van der Waals surface area contributed by atoms with Crippen LogP contribution < -0.4 is 0 Å². The lowest BCUT2D eigenvalue weighted by atomic mass is 10.2. The van der Waals surface area contributed by atoms with Crippen LogP contribution in [0.15, 0.2) is 12.3 Å².